The SMILES string of the molecule is CC(O)C(C)SC1CCCC1O. The minimum atomic E-state index is -0.275. The summed E-state index contributed by atoms with van der Waals surface area (Å²) < 4.78 is 0. The van der Waals surface area contributed by atoms with Crippen LogP contribution < -0.4 is 0 Å². The maximum atomic E-state index is 9.52. The van der Waals surface area contributed by atoms with Gasteiger partial charge in [-0.1, -0.05) is 6.92 Å². The van der Waals surface area contributed by atoms with Crippen molar-refractivity contribution in [3.8, 4) is 0 Å². The standard InChI is InChI=1S/C9H18O2S/c1-6(10)7(2)12-9-5-3-4-8(9)11/h6-11H,3-5H2,1-2H3. The van der Waals surface area contributed by atoms with Gasteiger partial charge in [-0.3, -0.25) is 0 Å². The predicted molar refractivity (Wildman–Crippen MR) is 52.4 cm³/mol. The summed E-state index contributed by atoms with van der Waals surface area (Å²) >= 11 is 1.72. The maximum absolute atomic E-state index is 9.52. The van der Waals surface area contributed by atoms with E-state index in [2.05, 4.69) is 0 Å². The first kappa shape index (κ1) is 10.4. The van der Waals surface area contributed by atoms with Crippen molar-refractivity contribution in [3.63, 3.8) is 0 Å². The summed E-state index contributed by atoms with van der Waals surface area (Å²) in [4.78, 5) is 0. The van der Waals surface area contributed by atoms with Crippen LogP contribution in [0.3, 0.4) is 0 Å². The van der Waals surface area contributed by atoms with Crippen molar-refractivity contribution in [2.45, 2.75) is 55.8 Å². The summed E-state index contributed by atoms with van der Waals surface area (Å²) in [5.41, 5.74) is 0. The van der Waals surface area contributed by atoms with Crippen LogP contribution in [0.5, 0.6) is 0 Å². The van der Waals surface area contributed by atoms with Crippen LogP contribution in [0, 0.1) is 0 Å². The van der Waals surface area contributed by atoms with Crippen LogP contribution in [-0.4, -0.2) is 32.9 Å². The fourth-order valence-corrected chi connectivity index (χ4v) is 2.85. The summed E-state index contributed by atoms with van der Waals surface area (Å²) in [7, 11) is 0. The Morgan fingerprint density at radius 1 is 1.33 bits per heavy atom. The molecule has 12 heavy (non-hydrogen) atoms. The number of aliphatic hydroxyl groups excluding tert-OH is 2. The normalized spacial score (nSPS) is 35.0. The molecule has 0 bridgehead atoms. The number of aliphatic hydroxyl groups is 2. The zero-order chi connectivity index (χ0) is 9.14. The summed E-state index contributed by atoms with van der Waals surface area (Å²) in [6.07, 6.45) is 2.75. The van der Waals surface area contributed by atoms with Crippen molar-refractivity contribution in [1.29, 1.82) is 0 Å². The second-order valence-electron chi connectivity index (χ2n) is 3.62. The second kappa shape index (κ2) is 4.49. The number of hydrogen-bond acceptors (Lipinski definition) is 3. The predicted octanol–water partition coefficient (Wildman–Crippen LogP) is 1.40. The van der Waals surface area contributed by atoms with E-state index in [1.807, 2.05) is 6.92 Å². The molecule has 0 aromatic carbocycles. The lowest BCUT2D eigenvalue weighted by molar-refractivity contribution is 0.183. The highest BCUT2D eigenvalue weighted by molar-refractivity contribution is 8.00. The van der Waals surface area contributed by atoms with E-state index >= 15 is 0 Å². The Hall–Kier alpha value is 0.270. The third kappa shape index (κ3) is 2.64. The highest BCUT2D eigenvalue weighted by atomic mass is 32.2. The van der Waals surface area contributed by atoms with E-state index in [9.17, 15) is 10.2 Å². The lowest BCUT2D eigenvalue weighted by atomic mass is 10.3. The van der Waals surface area contributed by atoms with E-state index in [1.165, 1.54) is 0 Å². The highest BCUT2D eigenvalue weighted by Crippen LogP contribution is 2.33. The van der Waals surface area contributed by atoms with Crippen molar-refractivity contribution in [3.05, 3.63) is 0 Å². The van der Waals surface area contributed by atoms with Crippen molar-refractivity contribution >= 4 is 11.8 Å². The molecule has 3 heteroatoms. The van der Waals surface area contributed by atoms with Gasteiger partial charge in [-0.05, 0) is 26.2 Å². The molecular formula is C9H18O2S. The molecular weight excluding hydrogens is 172 g/mol. The van der Waals surface area contributed by atoms with Gasteiger partial charge in [0.15, 0.2) is 0 Å². The van der Waals surface area contributed by atoms with Gasteiger partial charge in [-0.15, -0.1) is 0 Å². The molecule has 2 nitrogen and oxygen atoms in total. The van der Waals surface area contributed by atoms with Crippen LogP contribution in [0.2, 0.25) is 0 Å². The minimum Gasteiger partial charge on any atom is -0.392 e. The van der Waals surface area contributed by atoms with Crippen LogP contribution in [0.1, 0.15) is 33.1 Å². The third-order valence-corrected chi connectivity index (χ3v) is 4.21. The molecule has 0 spiro atoms. The highest BCUT2D eigenvalue weighted by Gasteiger charge is 2.28. The average Bonchev–Trinajstić information content (AvgIpc) is 2.36. The van der Waals surface area contributed by atoms with Gasteiger partial charge in [0.25, 0.3) is 0 Å². The molecule has 0 radical (unpaired) electrons. The molecule has 0 amide bonds. The molecule has 4 unspecified atom stereocenters. The Morgan fingerprint density at radius 2 is 2.00 bits per heavy atom. The fourth-order valence-electron chi connectivity index (χ4n) is 1.45. The molecule has 0 aliphatic heterocycles. The van der Waals surface area contributed by atoms with Gasteiger partial charge in [0.1, 0.15) is 0 Å². The monoisotopic (exact) mass is 190 g/mol. The average molecular weight is 190 g/mol. The minimum absolute atomic E-state index is 0.142. The van der Waals surface area contributed by atoms with Crippen LogP contribution in [-0.2, 0) is 0 Å². The van der Waals surface area contributed by atoms with Crippen molar-refractivity contribution in [2.24, 2.45) is 0 Å². The Morgan fingerprint density at radius 3 is 2.42 bits per heavy atom. The van der Waals surface area contributed by atoms with E-state index in [0.717, 1.165) is 19.3 Å². The van der Waals surface area contributed by atoms with Crippen molar-refractivity contribution in [2.75, 3.05) is 0 Å². The van der Waals surface area contributed by atoms with Gasteiger partial charge in [0, 0.05) is 10.5 Å². The van der Waals surface area contributed by atoms with Crippen LogP contribution in [0.15, 0.2) is 0 Å². The molecule has 0 aromatic rings. The number of thioether (sulfide) groups is 1. The van der Waals surface area contributed by atoms with Gasteiger partial charge in [-0.25, -0.2) is 0 Å². The number of rotatable bonds is 3. The summed E-state index contributed by atoms with van der Waals surface area (Å²) in [5.74, 6) is 0. The van der Waals surface area contributed by atoms with Crippen LogP contribution in [0.25, 0.3) is 0 Å². The third-order valence-electron chi connectivity index (χ3n) is 2.49. The number of hydrogen-bond donors (Lipinski definition) is 2. The zero-order valence-corrected chi connectivity index (χ0v) is 8.55. The van der Waals surface area contributed by atoms with E-state index in [4.69, 9.17) is 0 Å². The lowest BCUT2D eigenvalue weighted by Gasteiger charge is -2.20. The molecule has 1 aliphatic rings. The first-order chi connectivity index (χ1) is 5.61. The molecule has 0 heterocycles. The molecule has 2 N–H and O–H groups in total. The van der Waals surface area contributed by atoms with Gasteiger partial charge < -0.3 is 10.2 Å². The first-order valence-electron chi connectivity index (χ1n) is 4.63. The van der Waals surface area contributed by atoms with Gasteiger partial charge in [-0.2, -0.15) is 11.8 Å². The van der Waals surface area contributed by atoms with Gasteiger partial charge >= 0.3 is 0 Å². The van der Waals surface area contributed by atoms with Crippen LogP contribution in [0.4, 0.5) is 0 Å². The molecule has 1 fully saturated rings. The van der Waals surface area contributed by atoms with Gasteiger partial charge in [0.05, 0.1) is 12.2 Å². The van der Waals surface area contributed by atoms with E-state index in [-0.39, 0.29) is 17.5 Å². The van der Waals surface area contributed by atoms with Crippen molar-refractivity contribution < 1.29 is 10.2 Å². The fraction of sp³-hybridized carbons (Fsp3) is 1.00. The molecule has 0 aromatic heterocycles. The Bertz CT molecular complexity index is 138. The molecule has 0 saturated heterocycles. The summed E-state index contributed by atoms with van der Waals surface area (Å²) in [6, 6.07) is 0. The summed E-state index contributed by atoms with van der Waals surface area (Å²) in [6.45, 7) is 3.82. The van der Waals surface area contributed by atoms with E-state index < -0.39 is 0 Å². The molecule has 1 rings (SSSR count). The quantitative estimate of drug-likeness (QED) is 0.707. The van der Waals surface area contributed by atoms with Gasteiger partial charge in [0.2, 0.25) is 0 Å². The van der Waals surface area contributed by atoms with Crippen molar-refractivity contribution in [1.82, 2.24) is 0 Å². The topological polar surface area (TPSA) is 40.5 Å². The van der Waals surface area contributed by atoms with E-state index in [0.29, 0.717) is 5.25 Å². The molecule has 1 aliphatic carbocycles. The molecule has 1 saturated carbocycles. The summed E-state index contributed by atoms with van der Waals surface area (Å²) in [5, 5.41) is 19.4. The molecule has 72 valence electrons. The maximum Gasteiger partial charge on any atom is 0.0658 e. The molecule has 4 atom stereocenters. The Labute approximate surface area is 78.4 Å². The zero-order valence-electron chi connectivity index (χ0n) is 7.73. The smallest absolute Gasteiger partial charge is 0.0658 e. The Kier molecular flexibility index (Phi) is 3.87. The second-order valence-corrected chi connectivity index (χ2v) is 5.24. The van der Waals surface area contributed by atoms with E-state index in [1.54, 1.807) is 18.7 Å². The first-order valence-corrected chi connectivity index (χ1v) is 5.57. The largest absolute Gasteiger partial charge is 0.392 e. The van der Waals surface area contributed by atoms with Crippen LogP contribution >= 0.6 is 11.8 Å². The lowest BCUT2D eigenvalue weighted by Crippen LogP contribution is -2.23. The Balaban J connectivity index is 2.30.